The summed E-state index contributed by atoms with van der Waals surface area (Å²) in [4.78, 5) is 3.62. The van der Waals surface area contributed by atoms with E-state index < -0.39 is 0 Å². The van der Waals surface area contributed by atoms with Gasteiger partial charge in [-0.05, 0) is 6.72 Å². The lowest BCUT2D eigenvalue weighted by Gasteiger charge is -1.92. The molecule has 0 amide bonds. The minimum Gasteiger partial charge on any atom is -0.392 e. The number of nitrogens with one attached hydrogen (secondary N) is 1. The standard InChI is InChI=1S/C5H11N3/c1-7-4-5(3-6)8-2/h4,7H,2-3,6H2,1H3/b5-4-. The summed E-state index contributed by atoms with van der Waals surface area (Å²) in [7, 11) is 1.79. The number of hydrogen-bond donors (Lipinski definition) is 2. The second-order valence-corrected chi connectivity index (χ2v) is 1.29. The summed E-state index contributed by atoms with van der Waals surface area (Å²) in [5.41, 5.74) is 6.00. The molecule has 3 N–H and O–H groups in total. The largest absolute Gasteiger partial charge is 0.392 e. The van der Waals surface area contributed by atoms with Crippen molar-refractivity contribution >= 4 is 6.72 Å². The maximum absolute atomic E-state index is 5.23. The predicted molar refractivity (Wildman–Crippen MR) is 35.7 cm³/mol. The molecule has 0 aromatic rings. The Morgan fingerprint density at radius 3 is 2.75 bits per heavy atom. The van der Waals surface area contributed by atoms with Gasteiger partial charge in [0.05, 0.1) is 5.70 Å². The summed E-state index contributed by atoms with van der Waals surface area (Å²) in [6.45, 7) is 3.75. The number of aliphatic imine (C=N–C) groups is 1. The minimum absolute atomic E-state index is 0.435. The summed E-state index contributed by atoms with van der Waals surface area (Å²) < 4.78 is 0. The highest BCUT2D eigenvalue weighted by Crippen LogP contribution is 1.85. The van der Waals surface area contributed by atoms with Crippen molar-refractivity contribution < 1.29 is 0 Å². The molecule has 0 aliphatic heterocycles. The molecule has 0 radical (unpaired) electrons. The van der Waals surface area contributed by atoms with E-state index in [1.165, 1.54) is 0 Å². The van der Waals surface area contributed by atoms with E-state index in [1.54, 1.807) is 13.2 Å². The molecule has 0 unspecified atom stereocenters. The smallest absolute Gasteiger partial charge is 0.0688 e. The highest BCUT2D eigenvalue weighted by atomic mass is 14.8. The monoisotopic (exact) mass is 113 g/mol. The summed E-state index contributed by atoms with van der Waals surface area (Å²) in [6, 6.07) is 0. The summed E-state index contributed by atoms with van der Waals surface area (Å²) >= 11 is 0. The molecule has 0 heterocycles. The molecule has 8 heavy (non-hydrogen) atoms. The van der Waals surface area contributed by atoms with E-state index in [9.17, 15) is 0 Å². The molecule has 0 aromatic carbocycles. The molecular weight excluding hydrogens is 102 g/mol. The molecule has 0 rings (SSSR count). The maximum Gasteiger partial charge on any atom is 0.0688 e. The van der Waals surface area contributed by atoms with Crippen LogP contribution in [0.3, 0.4) is 0 Å². The van der Waals surface area contributed by atoms with Crippen molar-refractivity contribution in [2.24, 2.45) is 10.7 Å². The fourth-order valence-corrected chi connectivity index (χ4v) is 0.336. The zero-order valence-electron chi connectivity index (χ0n) is 5.02. The lowest BCUT2D eigenvalue weighted by molar-refractivity contribution is 1.02. The molecule has 3 heteroatoms. The third-order valence-corrected chi connectivity index (χ3v) is 0.723. The van der Waals surface area contributed by atoms with E-state index in [1.807, 2.05) is 0 Å². The van der Waals surface area contributed by atoms with Gasteiger partial charge in [0.1, 0.15) is 0 Å². The predicted octanol–water partition coefficient (Wildman–Crippen LogP) is -0.294. The van der Waals surface area contributed by atoms with E-state index in [0.29, 0.717) is 6.54 Å². The number of rotatable bonds is 3. The lowest BCUT2D eigenvalue weighted by Crippen LogP contribution is -2.04. The molecular formula is C5H11N3. The molecule has 3 nitrogen and oxygen atoms in total. The molecule has 0 fully saturated rings. The summed E-state index contributed by atoms with van der Waals surface area (Å²) in [5.74, 6) is 0. The third kappa shape index (κ3) is 2.36. The van der Waals surface area contributed by atoms with Crippen LogP contribution in [0.25, 0.3) is 0 Å². The Kier molecular flexibility index (Phi) is 3.88. The number of nitrogens with two attached hydrogens (primary N) is 1. The summed E-state index contributed by atoms with van der Waals surface area (Å²) in [5, 5.41) is 2.79. The number of hydrogen-bond acceptors (Lipinski definition) is 3. The average Bonchev–Trinajstić information content (AvgIpc) is 1.83. The normalized spacial score (nSPS) is 11.0. The quantitative estimate of drug-likeness (QED) is 0.494. The molecule has 0 saturated heterocycles. The van der Waals surface area contributed by atoms with Crippen LogP contribution in [-0.2, 0) is 0 Å². The molecule has 0 saturated carbocycles. The van der Waals surface area contributed by atoms with Crippen molar-refractivity contribution in [1.29, 1.82) is 0 Å². The van der Waals surface area contributed by atoms with Gasteiger partial charge in [-0.2, -0.15) is 0 Å². The first kappa shape index (κ1) is 7.17. The second kappa shape index (κ2) is 4.33. The van der Waals surface area contributed by atoms with Crippen LogP contribution >= 0.6 is 0 Å². The Bertz CT molecular complexity index is 95.8. The van der Waals surface area contributed by atoms with Crippen LogP contribution in [0, 0.1) is 0 Å². The highest BCUT2D eigenvalue weighted by Gasteiger charge is 1.81. The molecule has 0 atom stereocenters. The van der Waals surface area contributed by atoms with Crippen molar-refractivity contribution in [3.8, 4) is 0 Å². The molecule has 0 aliphatic rings. The first-order chi connectivity index (χ1) is 3.85. The Balaban J connectivity index is 3.66. The van der Waals surface area contributed by atoms with E-state index in [0.717, 1.165) is 5.70 Å². The van der Waals surface area contributed by atoms with Gasteiger partial charge in [0.15, 0.2) is 0 Å². The van der Waals surface area contributed by atoms with Crippen LogP contribution in [-0.4, -0.2) is 20.3 Å². The van der Waals surface area contributed by atoms with E-state index in [-0.39, 0.29) is 0 Å². The fourth-order valence-electron chi connectivity index (χ4n) is 0.336. The van der Waals surface area contributed by atoms with Gasteiger partial charge >= 0.3 is 0 Å². The van der Waals surface area contributed by atoms with Gasteiger partial charge in [-0.3, -0.25) is 4.99 Å². The first-order valence-corrected chi connectivity index (χ1v) is 2.38. The Hall–Kier alpha value is -0.830. The van der Waals surface area contributed by atoms with Crippen molar-refractivity contribution in [3.05, 3.63) is 11.9 Å². The van der Waals surface area contributed by atoms with Crippen LogP contribution in [0.5, 0.6) is 0 Å². The van der Waals surface area contributed by atoms with Gasteiger partial charge in [0.2, 0.25) is 0 Å². The topological polar surface area (TPSA) is 50.4 Å². The fraction of sp³-hybridized carbons (Fsp3) is 0.400. The van der Waals surface area contributed by atoms with E-state index in [4.69, 9.17) is 5.73 Å². The van der Waals surface area contributed by atoms with Crippen LogP contribution < -0.4 is 11.1 Å². The molecule has 46 valence electrons. The maximum atomic E-state index is 5.23. The minimum atomic E-state index is 0.435. The van der Waals surface area contributed by atoms with Crippen molar-refractivity contribution in [2.45, 2.75) is 0 Å². The van der Waals surface area contributed by atoms with Crippen molar-refractivity contribution in [3.63, 3.8) is 0 Å². The number of nitrogens with zero attached hydrogens (tertiary/aromatic N) is 1. The highest BCUT2D eigenvalue weighted by molar-refractivity contribution is 5.28. The third-order valence-electron chi connectivity index (χ3n) is 0.723. The van der Waals surface area contributed by atoms with Gasteiger partial charge in [-0.15, -0.1) is 0 Å². The van der Waals surface area contributed by atoms with Gasteiger partial charge in [-0.25, -0.2) is 0 Å². The van der Waals surface area contributed by atoms with E-state index in [2.05, 4.69) is 17.0 Å². The van der Waals surface area contributed by atoms with Crippen LogP contribution in [0.4, 0.5) is 0 Å². The Labute approximate surface area is 49.3 Å². The lowest BCUT2D eigenvalue weighted by atomic mass is 10.5. The van der Waals surface area contributed by atoms with Gasteiger partial charge in [0.25, 0.3) is 0 Å². The molecule has 0 bridgehead atoms. The van der Waals surface area contributed by atoms with Crippen molar-refractivity contribution in [1.82, 2.24) is 5.32 Å². The van der Waals surface area contributed by atoms with Crippen LogP contribution in [0.15, 0.2) is 16.9 Å². The first-order valence-electron chi connectivity index (χ1n) is 2.38. The Morgan fingerprint density at radius 1 is 2.00 bits per heavy atom. The molecule has 0 spiro atoms. The Morgan fingerprint density at radius 2 is 2.62 bits per heavy atom. The molecule has 0 aromatic heterocycles. The zero-order valence-corrected chi connectivity index (χ0v) is 5.02. The second-order valence-electron chi connectivity index (χ2n) is 1.29. The SMILES string of the molecule is C=N/C(=C\NC)CN. The van der Waals surface area contributed by atoms with Crippen LogP contribution in [0.2, 0.25) is 0 Å². The van der Waals surface area contributed by atoms with E-state index >= 15 is 0 Å². The molecule has 0 aliphatic carbocycles. The van der Waals surface area contributed by atoms with Crippen molar-refractivity contribution in [2.75, 3.05) is 13.6 Å². The average molecular weight is 113 g/mol. The van der Waals surface area contributed by atoms with Crippen LogP contribution in [0.1, 0.15) is 0 Å². The zero-order chi connectivity index (χ0) is 6.41. The van der Waals surface area contributed by atoms with Gasteiger partial charge < -0.3 is 11.1 Å². The van der Waals surface area contributed by atoms with Gasteiger partial charge in [0, 0.05) is 19.8 Å². The summed E-state index contributed by atoms with van der Waals surface area (Å²) in [6.07, 6.45) is 1.72. The van der Waals surface area contributed by atoms with Gasteiger partial charge in [-0.1, -0.05) is 0 Å².